The highest BCUT2D eigenvalue weighted by molar-refractivity contribution is 7.17. The standard InChI is InChI=1S/C19H14FN3S/c1-12-6-8-13(9-7-12)14-10-24-19-17(14)18(21-11-22-19)23-16-5-3-2-4-15(16)20/h2-11H,1H3,(H,21,22,23). The van der Waals surface area contributed by atoms with Crippen LogP contribution in [0.2, 0.25) is 0 Å². The van der Waals surface area contributed by atoms with Crippen LogP contribution in [0.3, 0.4) is 0 Å². The van der Waals surface area contributed by atoms with Crippen LogP contribution < -0.4 is 5.32 Å². The summed E-state index contributed by atoms with van der Waals surface area (Å²) in [5.41, 5.74) is 3.76. The molecule has 118 valence electrons. The molecule has 0 spiro atoms. The Hall–Kier alpha value is -2.79. The molecule has 0 amide bonds. The van der Waals surface area contributed by atoms with E-state index in [2.05, 4.69) is 51.9 Å². The lowest BCUT2D eigenvalue weighted by molar-refractivity contribution is 0.632. The largest absolute Gasteiger partial charge is 0.337 e. The molecule has 0 fully saturated rings. The van der Waals surface area contributed by atoms with Crippen LogP contribution in [0.5, 0.6) is 0 Å². The van der Waals surface area contributed by atoms with Crippen molar-refractivity contribution in [2.45, 2.75) is 6.92 Å². The third kappa shape index (κ3) is 2.63. The van der Waals surface area contributed by atoms with Gasteiger partial charge in [-0.2, -0.15) is 0 Å². The minimum absolute atomic E-state index is 0.309. The molecular weight excluding hydrogens is 321 g/mol. The van der Waals surface area contributed by atoms with Gasteiger partial charge in [0.1, 0.15) is 22.8 Å². The van der Waals surface area contributed by atoms with E-state index < -0.39 is 0 Å². The van der Waals surface area contributed by atoms with Gasteiger partial charge in [-0.15, -0.1) is 11.3 Å². The second-order valence-electron chi connectivity index (χ2n) is 5.52. The summed E-state index contributed by atoms with van der Waals surface area (Å²) in [5, 5.41) is 6.08. The van der Waals surface area contributed by atoms with Crippen LogP contribution in [-0.2, 0) is 0 Å². The monoisotopic (exact) mass is 335 g/mol. The van der Waals surface area contributed by atoms with Crippen molar-refractivity contribution >= 4 is 33.1 Å². The van der Waals surface area contributed by atoms with E-state index in [1.807, 2.05) is 0 Å². The predicted octanol–water partition coefficient (Wildman–Crippen LogP) is 5.55. The van der Waals surface area contributed by atoms with Crippen LogP contribution in [-0.4, -0.2) is 9.97 Å². The fraction of sp³-hybridized carbons (Fsp3) is 0.0526. The zero-order valence-corrected chi connectivity index (χ0v) is 13.8. The Morgan fingerprint density at radius 1 is 1.00 bits per heavy atom. The van der Waals surface area contributed by atoms with Gasteiger partial charge in [-0.1, -0.05) is 42.0 Å². The molecule has 1 N–H and O–H groups in total. The number of halogens is 1. The molecule has 2 heterocycles. The molecule has 0 radical (unpaired) electrons. The first kappa shape index (κ1) is 14.8. The summed E-state index contributed by atoms with van der Waals surface area (Å²) in [5.74, 6) is 0.304. The number of nitrogens with one attached hydrogen (secondary N) is 1. The summed E-state index contributed by atoms with van der Waals surface area (Å²) in [6.45, 7) is 2.06. The summed E-state index contributed by atoms with van der Waals surface area (Å²) in [6.07, 6.45) is 1.50. The Bertz CT molecular complexity index is 1010. The van der Waals surface area contributed by atoms with E-state index in [1.54, 1.807) is 29.5 Å². The van der Waals surface area contributed by atoms with Gasteiger partial charge in [0.2, 0.25) is 0 Å². The second kappa shape index (κ2) is 6.02. The molecule has 0 aliphatic heterocycles. The van der Waals surface area contributed by atoms with Crippen LogP contribution in [0.4, 0.5) is 15.9 Å². The third-order valence-corrected chi connectivity index (χ3v) is 4.75. The first-order chi connectivity index (χ1) is 11.7. The van der Waals surface area contributed by atoms with Gasteiger partial charge in [0.25, 0.3) is 0 Å². The summed E-state index contributed by atoms with van der Waals surface area (Å²) in [4.78, 5) is 9.55. The Balaban J connectivity index is 1.86. The number of para-hydroxylation sites is 1. The lowest BCUT2D eigenvalue weighted by Gasteiger charge is -2.09. The van der Waals surface area contributed by atoms with Crippen molar-refractivity contribution < 1.29 is 4.39 Å². The van der Waals surface area contributed by atoms with Gasteiger partial charge < -0.3 is 5.32 Å². The highest BCUT2D eigenvalue weighted by Crippen LogP contribution is 2.37. The van der Waals surface area contributed by atoms with Crippen LogP contribution in [0.1, 0.15) is 5.56 Å². The number of anilines is 2. The summed E-state index contributed by atoms with van der Waals surface area (Å²) in [7, 11) is 0. The van der Waals surface area contributed by atoms with Crippen LogP contribution in [0.25, 0.3) is 21.3 Å². The minimum atomic E-state index is -0.309. The molecule has 0 atom stereocenters. The van der Waals surface area contributed by atoms with Gasteiger partial charge in [-0.3, -0.25) is 0 Å². The molecule has 5 heteroatoms. The van der Waals surface area contributed by atoms with Crippen molar-refractivity contribution in [2.75, 3.05) is 5.32 Å². The first-order valence-electron chi connectivity index (χ1n) is 7.53. The van der Waals surface area contributed by atoms with Crippen molar-refractivity contribution in [1.82, 2.24) is 9.97 Å². The number of fused-ring (bicyclic) bond motifs is 1. The maximum Gasteiger partial charge on any atom is 0.146 e. The highest BCUT2D eigenvalue weighted by Gasteiger charge is 2.14. The van der Waals surface area contributed by atoms with E-state index in [-0.39, 0.29) is 5.82 Å². The topological polar surface area (TPSA) is 37.8 Å². The number of aryl methyl sites for hydroxylation is 1. The normalized spacial score (nSPS) is 10.9. The maximum atomic E-state index is 14.0. The molecule has 0 bridgehead atoms. The van der Waals surface area contributed by atoms with Crippen molar-refractivity contribution in [1.29, 1.82) is 0 Å². The quantitative estimate of drug-likeness (QED) is 0.533. The molecule has 0 saturated heterocycles. The molecular formula is C19H14FN3S. The summed E-state index contributed by atoms with van der Waals surface area (Å²) in [6, 6.07) is 14.9. The Morgan fingerprint density at radius 2 is 1.79 bits per heavy atom. The van der Waals surface area contributed by atoms with Crippen LogP contribution in [0, 0.1) is 12.7 Å². The number of thiophene rings is 1. The second-order valence-corrected chi connectivity index (χ2v) is 6.38. The van der Waals surface area contributed by atoms with E-state index in [1.165, 1.54) is 18.0 Å². The van der Waals surface area contributed by atoms with E-state index >= 15 is 0 Å². The van der Waals surface area contributed by atoms with E-state index in [0.29, 0.717) is 11.5 Å². The predicted molar refractivity (Wildman–Crippen MR) is 97.3 cm³/mol. The van der Waals surface area contributed by atoms with Gasteiger partial charge >= 0.3 is 0 Å². The third-order valence-electron chi connectivity index (χ3n) is 3.86. The van der Waals surface area contributed by atoms with E-state index in [4.69, 9.17) is 0 Å². The van der Waals surface area contributed by atoms with Crippen molar-refractivity contribution in [3.8, 4) is 11.1 Å². The summed E-state index contributed by atoms with van der Waals surface area (Å²) < 4.78 is 14.0. The first-order valence-corrected chi connectivity index (χ1v) is 8.41. The summed E-state index contributed by atoms with van der Waals surface area (Å²) >= 11 is 1.56. The van der Waals surface area contributed by atoms with Crippen molar-refractivity contribution in [3.63, 3.8) is 0 Å². The molecule has 0 aliphatic carbocycles. The lowest BCUT2D eigenvalue weighted by Crippen LogP contribution is -1.97. The van der Waals surface area contributed by atoms with Crippen LogP contribution in [0.15, 0.2) is 60.2 Å². The average molecular weight is 335 g/mol. The number of hydrogen-bond donors (Lipinski definition) is 1. The lowest BCUT2D eigenvalue weighted by atomic mass is 10.0. The molecule has 0 aliphatic rings. The smallest absolute Gasteiger partial charge is 0.146 e. The molecule has 4 rings (SSSR count). The van der Waals surface area contributed by atoms with Crippen molar-refractivity contribution in [3.05, 3.63) is 71.6 Å². The molecule has 24 heavy (non-hydrogen) atoms. The van der Waals surface area contributed by atoms with Gasteiger partial charge in [-0.25, -0.2) is 14.4 Å². The zero-order valence-electron chi connectivity index (χ0n) is 13.0. The SMILES string of the molecule is Cc1ccc(-c2csc3ncnc(Nc4ccccc4F)c23)cc1. The minimum Gasteiger partial charge on any atom is -0.337 e. The van der Waals surface area contributed by atoms with E-state index in [9.17, 15) is 4.39 Å². The molecule has 3 nitrogen and oxygen atoms in total. The fourth-order valence-corrected chi connectivity index (χ4v) is 3.52. The maximum absolute atomic E-state index is 14.0. The molecule has 0 saturated carbocycles. The van der Waals surface area contributed by atoms with Crippen molar-refractivity contribution in [2.24, 2.45) is 0 Å². The number of hydrogen-bond acceptors (Lipinski definition) is 4. The van der Waals surface area contributed by atoms with Gasteiger partial charge in [0, 0.05) is 10.9 Å². The van der Waals surface area contributed by atoms with E-state index in [0.717, 1.165) is 21.3 Å². The van der Waals surface area contributed by atoms with Gasteiger partial charge in [0.05, 0.1) is 11.1 Å². The van der Waals surface area contributed by atoms with Gasteiger partial charge in [-0.05, 0) is 24.6 Å². The molecule has 0 unspecified atom stereocenters. The number of aromatic nitrogens is 2. The number of nitrogens with zero attached hydrogens (tertiary/aromatic N) is 2. The average Bonchev–Trinajstić information content (AvgIpc) is 3.03. The molecule has 2 aromatic heterocycles. The van der Waals surface area contributed by atoms with Crippen LogP contribution >= 0.6 is 11.3 Å². The van der Waals surface area contributed by atoms with Gasteiger partial charge in [0.15, 0.2) is 0 Å². The Labute approximate surface area is 142 Å². The highest BCUT2D eigenvalue weighted by atomic mass is 32.1. The number of rotatable bonds is 3. The number of benzene rings is 2. The zero-order chi connectivity index (χ0) is 16.5. The molecule has 4 aromatic rings. The Kier molecular flexibility index (Phi) is 3.70. The Morgan fingerprint density at radius 3 is 2.58 bits per heavy atom. The fourth-order valence-electron chi connectivity index (χ4n) is 2.61. The molecule has 2 aromatic carbocycles.